The first-order valence-electron chi connectivity index (χ1n) is 29.9. The monoisotopic (exact) mass is 954 g/mol. The molecule has 68 heavy (non-hydrogen) atoms. The molecule has 0 aliphatic heterocycles. The van der Waals surface area contributed by atoms with Crippen LogP contribution in [0.25, 0.3) is 0 Å². The number of aliphatic hydroxyl groups is 2. The van der Waals surface area contributed by atoms with Crippen LogP contribution in [0.2, 0.25) is 0 Å². The van der Waals surface area contributed by atoms with Crippen LogP contribution in [0, 0.1) is 0 Å². The van der Waals surface area contributed by atoms with Crippen LogP contribution in [0.4, 0.5) is 0 Å². The highest BCUT2D eigenvalue weighted by atomic mass is 16.5. The van der Waals surface area contributed by atoms with E-state index in [-0.39, 0.29) is 18.5 Å². The zero-order chi connectivity index (χ0) is 49.3. The summed E-state index contributed by atoms with van der Waals surface area (Å²) >= 11 is 0. The minimum atomic E-state index is -0.665. The van der Waals surface area contributed by atoms with Gasteiger partial charge in [0.25, 0.3) is 0 Å². The van der Waals surface area contributed by atoms with Crippen LogP contribution in [0.1, 0.15) is 309 Å². The van der Waals surface area contributed by atoms with E-state index in [0.717, 1.165) is 57.8 Å². The SMILES string of the molecule is CCCCC/C=C\C/C=C\CCCCCCCC(=O)OCCCCCCCCCCC/C=C\C/C=C\CCCCCCCCCCCCCC(=O)NC(CO)C(O)CCCCCCCCCCC. The number of carbonyl (C=O) groups excluding carboxylic acids is 2. The molecule has 1 amide bonds. The van der Waals surface area contributed by atoms with Crippen LogP contribution in [0.5, 0.6) is 0 Å². The molecule has 0 saturated carbocycles. The number of nitrogens with one attached hydrogen (secondary N) is 1. The second-order valence-electron chi connectivity index (χ2n) is 20.3. The average Bonchev–Trinajstić information content (AvgIpc) is 3.34. The van der Waals surface area contributed by atoms with Crippen molar-refractivity contribution in [1.82, 2.24) is 5.32 Å². The third-order valence-electron chi connectivity index (χ3n) is 13.6. The Hall–Kier alpha value is -2.18. The molecule has 0 spiro atoms. The summed E-state index contributed by atoms with van der Waals surface area (Å²) in [6, 6.07) is -0.542. The molecular formula is C62H115NO5. The maximum absolute atomic E-state index is 12.4. The number of esters is 1. The summed E-state index contributed by atoms with van der Waals surface area (Å²) in [6.07, 6.45) is 72.7. The Balaban J connectivity index is 3.40. The van der Waals surface area contributed by atoms with Crippen molar-refractivity contribution in [2.45, 2.75) is 321 Å². The second-order valence-corrected chi connectivity index (χ2v) is 20.3. The lowest BCUT2D eigenvalue weighted by Gasteiger charge is -2.22. The molecule has 0 radical (unpaired) electrons. The topological polar surface area (TPSA) is 95.9 Å². The van der Waals surface area contributed by atoms with Gasteiger partial charge in [-0.3, -0.25) is 9.59 Å². The maximum Gasteiger partial charge on any atom is 0.305 e. The van der Waals surface area contributed by atoms with E-state index in [2.05, 4.69) is 67.8 Å². The third kappa shape index (κ3) is 53.2. The van der Waals surface area contributed by atoms with E-state index in [1.165, 1.54) is 218 Å². The summed E-state index contributed by atoms with van der Waals surface area (Å²) in [5.74, 6) is -0.0449. The second kappa shape index (κ2) is 57.4. The highest BCUT2D eigenvalue weighted by Gasteiger charge is 2.20. The van der Waals surface area contributed by atoms with Gasteiger partial charge in [-0.2, -0.15) is 0 Å². The smallest absolute Gasteiger partial charge is 0.305 e. The number of ether oxygens (including phenoxy) is 1. The Bertz CT molecular complexity index is 1150. The largest absolute Gasteiger partial charge is 0.466 e. The normalized spacial score (nSPS) is 12.9. The first kappa shape index (κ1) is 65.8. The molecule has 0 bridgehead atoms. The molecule has 6 heteroatoms. The number of unbranched alkanes of at least 4 members (excludes halogenated alkanes) is 36. The van der Waals surface area contributed by atoms with Crippen molar-refractivity contribution in [3.63, 3.8) is 0 Å². The minimum absolute atomic E-state index is 0.00396. The van der Waals surface area contributed by atoms with Gasteiger partial charge in [-0.1, -0.05) is 255 Å². The van der Waals surface area contributed by atoms with Crippen LogP contribution >= 0.6 is 0 Å². The van der Waals surface area contributed by atoms with Crippen molar-refractivity contribution >= 4 is 11.9 Å². The number of carbonyl (C=O) groups is 2. The van der Waals surface area contributed by atoms with Crippen LogP contribution < -0.4 is 5.32 Å². The molecule has 6 nitrogen and oxygen atoms in total. The first-order valence-corrected chi connectivity index (χ1v) is 29.9. The Morgan fingerprint density at radius 1 is 0.412 bits per heavy atom. The van der Waals surface area contributed by atoms with Crippen LogP contribution in [-0.2, 0) is 14.3 Å². The molecule has 0 fully saturated rings. The number of amides is 1. The number of allylic oxidation sites excluding steroid dienone is 8. The van der Waals surface area contributed by atoms with Gasteiger partial charge in [-0.15, -0.1) is 0 Å². The van der Waals surface area contributed by atoms with Crippen molar-refractivity contribution < 1.29 is 24.5 Å². The van der Waals surface area contributed by atoms with E-state index in [4.69, 9.17) is 4.74 Å². The molecular weight excluding hydrogens is 839 g/mol. The third-order valence-corrected chi connectivity index (χ3v) is 13.6. The van der Waals surface area contributed by atoms with Gasteiger partial charge in [-0.05, 0) is 89.9 Å². The van der Waals surface area contributed by atoms with E-state index >= 15 is 0 Å². The zero-order valence-electron chi connectivity index (χ0n) is 45.3. The van der Waals surface area contributed by atoms with E-state index < -0.39 is 12.1 Å². The summed E-state index contributed by atoms with van der Waals surface area (Å²) in [5, 5.41) is 23.1. The minimum Gasteiger partial charge on any atom is -0.466 e. The summed E-state index contributed by atoms with van der Waals surface area (Å²) in [6.45, 7) is 4.90. The molecule has 0 saturated heterocycles. The maximum atomic E-state index is 12.4. The molecule has 398 valence electrons. The number of rotatable bonds is 55. The lowest BCUT2D eigenvalue weighted by Crippen LogP contribution is -2.45. The molecule has 0 aliphatic carbocycles. The molecule has 2 atom stereocenters. The van der Waals surface area contributed by atoms with Gasteiger partial charge in [0.2, 0.25) is 5.91 Å². The zero-order valence-corrected chi connectivity index (χ0v) is 45.3. The summed E-state index contributed by atoms with van der Waals surface area (Å²) in [4.78, 5) is 24.4. The quantitative estimate of drug-likeness (QED) is 0.0321. The molecule has 2 unspecified atom stereocenters. The Morgan fingerprint density at radius 3 is 1.15 bits per heavy atom. The van der Waals surface area contributed by atoms with Crippen molar-refractivity contribution in [3.05, 3.63) is 48.6 Å². The van der Waals surface area contributed by atoms with Crippen molar-refractivity contribution in [3.8, 4) is 0 Å². The molecule has 0 heterocycles. The molecule has 0 aromatic rings. The highest BCUT2D eigenvalue weighted by Crippen LogP contribution is 2.16. The fraction of sp³-hybridized carbons (Fsp3) is 0.839. The fourth-order valence-corrected chi connectivity index (χ4v) is 8.99. The first-order chi connectivity index (χ1) is 33.5. The van der Waals surface area contributed by atoms with Gasteiger partial charge in [0.15, 0.2) is 0 Å². The summed E-state index contributed by atoms with van der Waals surface area (Å²) in [7, 11) is 0. The van der Waals surface area contributed by atoms with Crippen LogP contribution in [-0.4, -0.2) is 47.4 Å². The molecule has 0 aromatic carbocycles. The predicted molar refractivity (Wildman–Crippen MR) is 296 cm³/mol. The van der Waals surface area contributed by atoms with Gasteiger partial charge in [0.1, 0.15) is 0 Å². The predicted octanol–water partition coefficient (Wildman–Crippen LogP) is 18.6. The summed E-state index contributed by atoms with van der Waals surface area (Å²) < 4.78 is 5.47. The molecule has 3 N–H and O–H groups in total. The molecule has 0 aromatic heterocycles. The molecule has 0 aliphatic rings. The van der Waals surface area contributed by atoms with Gasteiger partial charge >= 0.3 is 5.97 Å². The van der Waals surface area contributed by atoms with Crippen LogP contribution in [0.3, 0.4) is 0 Å². The van der Waals surface area contributed by atoms with E-state index in [0.29, 0.717) is 25.9 Å². The van der Waals surface area contributed by atoms with Crippen molar-refractivity contribution in [1.29, 1.82) is 0 Å². The van der Waals surface area contributed by atoms with Crippen molar-refractivity contribution in [2.24, 2.45) is 0 Å². The standard InChI is InChI=1S/C62H115NO5/c1-3-5-7-9-11-13-14-15-29-33-36-40-44-48-52-56-62(67)68-57-53-49-45-41-37-34-31-28-26-24-22-20-18-16-17-19-21-23-25-27-30-32-35-39-43-47-51-55-61(66)63-59(58-64)60(65)54-50-46-42-38-12-10-8-6-4-2/h11,13,15-17,20,22,29,59-60,64-65H,3-10,12,14,18-19,21,23-28,30-58H2,1-2H3,(H,63,66)/b13-11-,17-16-,22-20-,29-15-. The van der Waals surface area contributed by atoms with Crippen LogP contribution in [0.15, 0.2) is 48.6 Å². The number of hydrogen-bond acceptors (Lipinski definition) is 5. The van der Waals surface area contributed by atoms with E-state index in [1.807, 2.05) is 0 Å². The van der Waals surface area contributed by atoms with E-state index in [1.54, 1.807) is 0 Å². The van der Waals surface area contributed by atoms with Gasteiger partial charge in [-0.25, -0.2) is 0 Å². The number of aliphatic hydroxyl groups excluding tert-OH is 2. The fourth-order valence-electron chi connectivity index (χ4n) is 8.99. The number of hydrogen-bond donors (Lipinski definition) is 3. The van der Waals surface area contributed by atoms with Gasteiger partial charge in [0, 0.05) is 12.8 Å². The van der Waals surface area contributed by atoms with E-state index in [9.17, 15) is 19.8 Å². The lowest BCUT2D eigenvalue weighted by molar-refractivity contribution is -0.143. The Kier molecular flexibility index (Phi) is 55.6. The highest BCUT2D eigenvalue weighted by molar-refractivity contribution is 5.76. The Labute approximate surface area is 423 Å². The van der Waals surface area contributed by atoms with Gasteiger partial charge < -0.3 is 20.3 Å². The average molecular weight is 955 g/mol. The summed E-state index contributed by atoms with van der Waals surface area (Å²) in [5.41, 5.74) is 0. The van der Waals surface area contributed by atoms with Crippen molar-refractivity contribution in [2.75, 3.05) is 13.2 Å². The molecule has 0 rings (SSSR count). The Morgan fingerprint density at radius 2 is 0.735 bits per heavy atom. The lowest BCUT2D eigenvalue weighted by atomic mass is 10.0. The van der Waals surface area contributed by atoms with Gasteiger partial charge in [0.05, 0.1) is 25.4 Å².